The molecule has 1 aromatic rings. The molecule has 0 aliphatic heterocycles. The second-order valence-corrected chi connectivity index (χ2v) is 5.58. The van der Waals surface area contributed by atoms with Crippen molar-refractivity contribution in [3.63, 3.8) is 0 Å². The highest BCUT2D eigenvalue weighted by atomic mass is 16.5. The molecule has 0 heterocycles. The van der Waals surface area contributed by atoms with E-state index in [4.69, 9.17) is 20.4 Å². The highest BCUT2D eigenvalue weighted by molar-refractivity contribution is 5.91. The van der Waals surface area contributed by atoms with Crippen molar-refractivity contribution in [2.75, 3.05) is 0 Å². The van der Waals surface area contributed by atoms with Crippen molar-refractivity contribution in [2.45, 2.75) is 64.6 Å². The molecular weight excluding hydrogens is 312 g/mol. The number of aromatic carboxylic acids is 2. The summed E-state index contributed by atoms with van der Waals surface area (Å²) in [6, 6.07) is 5.02. The Morgan fingerprint density at radius 1 is 0.792 bits per heavy atom. The number of hydrogen-bond donors (Lipinski definition) is 4. The Labute approximate surface area is 142 Å². The summed E-state index contributed by atoms with van der Waals surface area (Å²) in [5.74, 6) is -2.13. The van der Waals surface area contributed by atoms with Crippen molar-refractivity contribution >= 4 is 11.9 Å². The molecule has 0 bridgehead atoms. The Kier molecular flexibility index (Phi) is 12.4. The Hall–Kier alpha value is -1.92. The van der Waals surface area contributed by atoms with Crippen molar-refractivity contribution in [1.29, 1.82) is 0 Å². The van der Waals surface area contributed by atoms with Gasteiger partial charge in [0.15, 0.2) is 6.29 Å². The third kappa shape index (κ3) is 11.6. The lowest BCUT2D eigenvalue weighted by Crippen LogP contribution is -2.02. The molecular formula is C18H28O6. The van der Waals surface area contributed by atoms with Gasteiger partial charge in [0.25, 0.3) is 0 Å². The molecule has 6 nitrogen and oxygen atoms in total. The lowest BCUT2D eigenvalue weighted by Gasteiger charge is -2.02. The summed E-state index contributed by atoms with van der Waals surface area (Å²) in [5.41, 5.74) is 0.167. The number of hydrogen-bond acceptors (Lipinski definition) is 4. The van der Waals surface area contributed by atoms with Gasteiger partial charge < -0.3 is 20.4 Å². The van der Waals surface area contributed by atoms with Gasteiger partial charge in [0, 0.05) is 0 Å². The number of carboxylic acids is 2. The summed E-state index contributed by atoms with van der Waals surface area (Å²) in [5, 5.41) is 34.0. The van der Waals surface area contributed by atoms with E-state index in [1.54, 1.807) is 0 Å². The summed E-state index contributed by atoms with van der Waals surface area (Å²) in [4.78, 5) is 20.7. The maximum Gasteiger partial charge on any atom is 0.335 e. The molecule has 6 heteroatoms. The molecule has 0 saturated carbocycles. The molecule has 0 aliphatic carbocycles. The molecule has 136 valence electrons. The third-order valence-electron chi connectivity index (χ3n) is 3.44. The van der Waals surface area contributed by atoms with Crippen molar-refractivity contribution in [3.05, 3.63) is 35.4 Å². The molecule has 4 N–H and O–H groups in total. The lowest BCUT2D eigenvalue weighted by atomic mass is 10.1. The average molecular weight is 340 g/mol. The highest BCUT2D eigenvalue weighted by Gasteiger charge is 2.04. The SMILES string of the molecule is CCCCCCCCCC(O)O.O=C(O)c1ccc(C(=O)O)cc1. The van der Waals surface area contributed by atoms with Crippen LogP contribution in [0.4, 0.5) is 0 Å². The molecule has 0 fully saturated rings. The maximum atomic E-state index is 10.3. The van der Waals surface area contributed by atoms with E-state index < -0.39 is 18.2 Å². The zero-order chi connectivity index (χ0) is 18.4. The Morgan fingerprint density at radius 3 is 1.50 bits per heavy atom. The van der Waals surface area contributed by atoms with E-state index in [0.29, 0.717) is 6.42 Å². The smallest absolute Gasteiger partial charge is 0.335 e. The van der Waals surface area contributed by atoms with Gasteiger partial charge in [-0.05, 0) is 37.1 Å². The first-order valence-electron chi connectivity index (χ1n) is 8.31. The van der Waals surface area contributed by atoms with Gasteiger partial charge in [-0.3, -0.25) is 0 Å². The number of unbranched alkanes of at least 4 members (excludes halogenated alkanes) is 6. The van der Waals surface area contributed by atoms with Gasteiger partial charge in [-0.25, -0.2) is 9.59 Å². The summed E-state index contributed by atoms with van der Waals surface area (Å²) in [7, 11) is 0. The maximum absolute atomic E-state index is 10.3. The zero-order valence-electron chi connectivity index (χ0n) is 14.1. The van der Waals surface area contributed by atoms with Crippen molar-refractivity contribution in [3.8, 4) is 0 Å². The Morgan fingerprint density at radius 2 is 1.17 bits per heavy atom. The molecule has 0 unspecified atom stereocenters. The first-order valence-corrected chi connectivity index (χ1v) is 8.31. The standard InChI is InChI=1S/C10H22O2.C8H6O4/c1-2-3-4-5-6-7-8-9-10(11)12;9-7(10)5-1-2-6(4-3-5)8(11)12/h10-12H,2-9H2,1H3;1-4H,(H,9,10)(H,11,12). The number of carboxylic acid groups (broad SMARTS) is 2. The molecule has 0 spiro atoms. The summed E-state index contributed by atoms with van der Waals surface area (Å²) < 4.78 is 0. The average Bonchev–Trinajstić information content (AvgIpc) is 2.54. The van der Waals surface area contributed by atoms with E-state index >= 15 is 0 Å². The molecule has 0 aliphatic rings. The second-order valence-electron chi connectivity index (χ2n) is 5.58. The minimum absolute atomic E-state index is 0.0833. The lowest BCUT2D eigenvalue weighted by molar-refractivity contribution is -0.0466. The van der Waals surface area contributed by atoms with Gasteiger partial charge in [-0.15, -0.1) is 0 Å². The summed E-state index contributed by atoms with van der Waals surface area (Å²) >= 11 is 0. The van der Waals surface area contributed by atoms with Gasteiger partial charge >= 0.3 is 11.9 Å². The summed E-state index contributed by atoms with van der Waals surface area (Å²) in [6.07, 6.45) is 8.03. The largest absolute Gasteiger partial charge is 0.478 e. The first kappa shape index (κ1) is 22.1. The molecule has 0 atom stereocenters. The predicted molar refractivity (Wildman–Crippen MR) is 91.2 cm³/mol. The van der Waals surface area contributed by atoms with E-state index in [1.165, 1.54) is 56.4 Å². The van der Waals surface area contributed by atoms with Crippen LogP contribution in [0.1, 0.15) is 79.0 Å². The van der Waals surface area contributed by atoms with Gasteiger partial charge in [-0.1, -0.05) is 45.4 Å². The van der Waals surface area contributed by atoms with Gasteiger partial charge in [0.2, 0.25) is 0 Å². The van der Waals surface area contributed by atoms with Crippen LogP contribution in [-0.2, 0) is 0 Å². The third-order valence-corrected chi connectivity index (χ3v) is 3.44. The van der Waals surface area contributed by atoms with Crippen LogP contribution < -0.4 is 0 Å². The van der Waals surface area contributed by atoms with E-state index in [2.05, 4.69) is 6.92 Å². The fourth-order valence-electron chi connectivity index (χ4n) is 2.04. The first-order chi connectivity index (χ1) is 11.4. The molecule has 0 aromatic heterocycles. The van der Waals surface area contributed by atoms with Crippen molar-refractivity contribution < 1.29 is 30.0 Å². The molecule has 0 radical (unpaired) electrons. The normalized spacial score (nSPS) is 10.2. The Bertz CT molecular complexity index is 434. The van der Waals surface area contributed by atoms with E-state index in [1.807, 2.05) is 0 Å². The number of carbonyl (C=O) groups is 2. The minimum atomic E-state index is -1.10. The quantitative estimate of drug-likeness (QED) is 0.383. The fourth-order valence-corrected chi connectivity index (χ4v) is 2.04. The van der Waals surface area contributed by atoms with Gasteiger partial charge in [0.1, 0.15) is 0 Å². The number of rotatable bonds is 10. The number of benzene rings is 1. The van der Waals surface area contributed by atoms with Crippen LogP contribution >= 0.6 is 0 Å². The molecule has 24 heavy (non-hydrogen) atoms. The van der Waals surface area contributed by atoms with Crippen LogP contribution in [-0.4, -0.2) is 38.7 Å². The second kappa shape index (κ2) is 13.5. The van der Waals surface area contributed by atoms with E-state index in [9.17, 15) is 9.59 Å². The monoisotopic (exact) mass is 340 g/mol. The van der Waals surface area contributed by atoms with Crippen LogP contribution in [0.25, 0.3) is 0 Å². The molecule has 0 saturated heterocycles. The Balaban J connectivity index is 0.000000441. The van der Waals surface area contributed by atoms with Crippen LogP contribution in [0, 0.1) is 0 Å². The molecule has 0 amide bonds. The fraction of sp³-hybridized carbons (Fsp3) is 0.556. The van der Waals surface area contributed by atoms with Gasteiger partial charge in [-0.2, -0.15) is 0 Å². The van der Waals surface area contributed by atoms with Crippen molar-refractivity contribution in [2.24, 2.45) is 0 Å². The number of aliphatic hydroxyl groups is 2. The van der Waals surface area contributed by atoms with E-state index in [0.717, 1.165) is 12.8 Å². The topological polar surface area (TPSA) is 115 Å². The predicted octanol–water partition coefficient (Wildman–Crippen LogP) is 3.52. The van der Waals surface area contributed by atoms with Crippen LogP contribution in [0.5, 0.6) is 0 Å². The zero-order valence-corrected chi connectivity index (χ0v) is 14.1. The summed E-state index contributed by atoms with van der Waals surface area (Å²) in [6.45, 7) is 2.21. The molecule has 1 aromatic carbocycles. The van der Waals surface area contributed by atoms with Gasteiger partial charge in [0.05, 0.1) is 11.1 Å². The van der Waals surface area contributed by atoms with Crippen LogP contribution in [0.15, 0.2) is 24.3 Å². The van der Waals surface area contributed by atoms with Crippen LogP contribution in [0.3, 0.4) is 0 Å². The van der Waals surface area contributed by atoms with E-state index in [-0.39, 0.29) is 11.1 Å². The minimum Gasteiger partial charge on any atom is -0.478 e. The number of aliphatic hydroxyl groups excluding tert-OH is 1. The highest BCUT2D eigenvalue weighted by Crippen LogP contribution is 2.08. The van der Waals surface area contributed by atoms with Crippen molar-refractivity contribution in [1.82, 2.24) is 0 Å². The van der Waals surface area contributed by atoms with Crippen LogP contribution in [0.2, 0.25) is 0 Å². The molecule has 1 rings (SSSR count).